The molecule has 0 radical (unpaired) electrons. The highest BCUT2D eigenvalue weighted by Gasteiger charge is 2.14. The maximum Gasteiger partial charge on any atom is 0.246 e. The Morgan fingerprint density at radius 1 is 1.25 bits per heavy atom. The summed E-state index contributed by atoms with van der Waals surface area (Å²) in [6.07, 6.45) is 6.66. The van der Waals surface area contributed by atoms with Crippen molar-refractivity contribution in [1.82, 2.24) is 24.1 Å². The molecule has 0 bridgehead atoms. The van der Waals surface area contributed by atoms with Gasteiger partial charge in [-0.05, 0) is 19.1 Å². The maximum atomic E-state index is 13.7. The zero-order valence-corrected chi connectivity index (χ0v) is 14.7. The predicted octanol–water partition coefficient (Wildman–Crippen LogP) is 2.40. The second kappa shape index (κ2) is 6.72. The van der Waals surface area contributed by atoms with E-state index in [-0.39, 0.29) is 12.2 Å². The van der Waals surface area contributed by atoms with Crippen molar-refractivity contribution in [2.75, 3.05) is 11.1 Å². The van der Waals surface area contributed by atoms with Crippen LogP contribution in [0.25, 0.3) is 16.9 Å². The molecule has 0 fully saturated rings. The van der Waals surface area contributed by atoms with E-state index in [4.69, 9.17) is 5.73 Å². The van der Waals surface area contributed by atoms with Crippen molar-refractivity contribution in [3.05, 3.63) is 60.3 Å². The Morgan fingerprint density at radius 3 is 2.89 bits per heavy atom. The fourth-order valence-electron chi connectivity index (χ4n) is 2.87. The Labute approximate surface area is 157 Å². The molecule has 3 heterocycles. The predicted molar refractivity (Wildman–Crippen MR) is 98.3 cm³/mol. The van der Waals surface area contributed by atoms with E-state index in [9.17, 15) is 13.6 Å². The average molecular weight is 383 g/mol. The maximum absolute atomic E-state index is 13.7. The van der Waals surface area contributed by atoms with Crippen LogP contribution in [0.1, 0.15) is 5.69 Å². The van der Waals surface area contributed by atoms with Crippen LogP contribution >= 0.6 is 0 Å². The topological polar surface area (TPSA) is 103 Å². The van der Waals surface area contributed by atoms with Crippen molar-refractivity contribution < 1.29 is 13.6 Å². The molecular formula is C18H15F2N7O. The van der Waals surface area contributed by atoms with Gasteiger partial charge in [-0.1, -0.05) is 6.07 Å². The molecule has 0 aliphatic heterocycles. The van der Waals surface area contributed by atoms with Crippen LogP contribution in [-0.4, -0.2) is 30.1 Å². The van der Waals surface area contributed by atoms with Crippen LogP contribution in [0, 0.1) is 18.6 Å². The number of amides is 1. The Morgan fingerprint density at radius 2 is 2.07 bits per heavy atom. The summed E-state index contributed by atoms with van der Waals surface area (Å²) in [6.45, 7) is 1.65. The van der Waals surface area contributed by atoms with E-state index in [0.29, 0.717) is 17.0 Å². The van der Waals surface area contributed by atoms with E-state index < -0.39 is 17.5 Å². The molecule has 4 aromatic rings. The number of benzene rings is 1. The second-order valence-electron chi connectivity index (χ2n) is 6.18. The number of nitrogens with one attached hydrogen (secondary N) is 1. The molecule has 4 rings (SSSR count). The van der Waals surface area contributed by atoms with Crippen LogP contribution in [0.2, 0.25) is 0 Å². The van der Waals surface area contributed by atoms with Crippen LogP contribution in [0.3, 0.4) is 0 Å². The molecule has 0 saturated heterocycles. The Hall–Kier alpha value is -3.82. The number of nitrogens with two attached hydrogens (primary N) is 1. The first-order valence-corrected chi connectivity index (χ1v) is 8.29. The van der Waals surface area contributed by atoms with Gasteiger partial charge in [0.1, 0.15) is 6.54 Å². The van der Waals surface area contributed by atoms with E-state index >= 15 is 0 Å². The van der Waals surface area contributed by atoms with E-state index in [1.165, 1.54) is 16.8 Å². The molecule has 3 aromatic heterocycles. The highest BCUT2D eigenvalue weighted by Crippen LogP contribution is 2.23. The molecule has 28 heavy (non-hydrogen) atoms. The summed E-state index contributed by atoms with van der Waals surface area (Å²) in [7, 11) is 0. The monoisotopic (exact) mass is 383 g/mol. The highest BCUT2D eigenvalue weighted by atomic mass is 19.2. The number of halogens is 2. The number of nitrogens with zero attached hydrogens (tertiary/aromatic N) is 5. The van der Waals surface area contributed by atoms with Gasteiger partial charge >= 0.3 is 0 Å². The summed E-state index contributed by atoms with van der Waals surface area (Å²) >= 11 is 0. The average Bonchev–Trinajstić information content (AvgIpc) is 3.25. The minimum atomic E-state index is -1.11. The van der Waals surface area contributed by atoms with Crippen LogP contribution < -0.4 is 11.1 Å². The van der Waals surface area contributed by atoms with E-state index in [2.05, 4.69) is 20.4 Å². The number of rotatable bonds is 4. The largest absolute Gasteiger partial charge is 0.381 e. The van der Waals surface area contributed by atoms with Crippen molar-refractivity contribution in [3.63, 3.8) is 0 Å². The fourth-order valence-corrected chi connectivity index (χ4v) is 2.87. The molecule has 8 nitrogen and oxygen atoms in total. The molecule has 3 N–H and O–H groups in total. The minimum absolute atomic E-state index is 0.171. The zero-order chi connectivity index (χ0) is 19.8. The number of aromatic nitrogens is 5. The van der Waals surface area contributed by atoms with Crippen molar-refractivity contribution >= 4 is 23.1 Å². The minimum Gasteiger partial charge on any atom is -0.381 e. The first-order chi connectivity index (χ1) is 13.4. The number of nitrogen functional groups attached to an aromatic ring is 1. The summed E-state index contributed by atoms with van der Waals surface area (Å²) in [5.41, 5.74) is 8.36. The van der Waals surface area contributed by atoms with Gasteiger partial charge in [0.15, 0.2) is 23.1 Å². The Balaban J connectivity index is 1.55. The van der Waals surface area contributed by atoms with Gasteiger partial charge in [0.05, 0.1) is 29.5 Å². The summed E-state index contributed by atoms with van der Waals surface area (Å²) < 4.78 is 30.1. The molecule has 0 spiro atoms. The number of fused-ring (bicyclic) bond motifs is 1. The molecule has 0 atom stereocenters. The van der Waals surface area contributed by atoms with Crippen molar-refractivity contribution in [2.45, 2.75) is 13.5 Å². The fraction of sp³-hybridized carbons (Fsp3) is 0.111. The number of carbonyl (C=O) groups excluding carboxylic acids is 1. The van der Waals surface area contributed by atoms with Crippen LogP contribution in [0.5, 0.6) is 0 Å². The number of aryl methyl sites for hydroxylation is 1. The molecule has 0 aliphatic rings. The van der Waals surface area contributed by atoms with E-state index in [1.54, 1.807) is 29.2 Å². The number of imidazole rings is 1. The van der Waals surface area contributed by atoms with Gasteiger partial charge in [-0.25, -0.2) is 18.7 Å². The van der Waals surface area contributed by atoms with Crippen molar-refractivity contribution in [2.24, 2.45) is 0 Å². The van der Waals surface area contributed by atoms with Crippen LogP contribution in [-0.2, 0) is 11.3 Å². The summed E-state index contributed by atoms with van der Waals surface area (Å²) in [4.78, 5) is 20.6. The Bertz CT molecular complexity index is 1200. The molecular weight excluding hydrogens is 368 g/mol. The molecule has 1 aromatic carbocycles. The smallest absolute Gasteiger partial charge is 0.246 e. The van der Waals surface area contributed by atoms with Crippen LogP contribution in [0.4, 0.5) is 20.3 Å². The number of hydrogen-bond acceptors (Lipinski definition) is 5. The van der Waals surface area contributed by atoms with Gasteiger partial charge < -0.3 is 11.1 Å². The molecule has 0 aliphatic carbocycles. The molecule has 10 heteroatoms. The molecule has 1 amide bonds. The highest BCUT2D eigenvalue weighted by molar-refractivity contribution is 5.90. The third kappa shape index (κ3) is 3.15. The van der Waals surface area contributed by atoms with Gasteiger partial charge in [-0.3, -0.25) is 13.9 Å². The first-order valence-electron chi connectivity index (χ1n) is 8.29. The van der Waals surface area contributed by atoms with Crippen LogP contribution in [0.15, 0.2) is 43.0 Å². The lowest BCUT2D eigenvalue weighted by atomic mass is 10.3. The van der Waals surface area contributed by atoms with Crippen molar-refractivity contribution in [3.8, 4) is 11.3 Å². The standard InChI is InChI=1S/C18H15F2N7O/c1-10-7-27-14(6-22-18(27)17(21)24-10)11-5-23-26(8-11)9-15(28)25-13-4-2-3-12(19)16(13)20/h2-8H,9H2,1H3,(H2,21,24)(H,25,28). The van der Waals surface area contributed by atoms with Gasteiger partial charge in [-0.2, -0.15) is 5.10 Å². The third-order valence-electron chi connectivity index (χ3n) is 4.10. The summed E-state index contributed by atoms with van der Waals surface area (Å²) in [5, 5.41) is 6.48. The van der Waals surface area contributed by atoms with E-state index in [1.807, 2.05) is 6.92 Å². The van der Waals surface area contributed by atoms with E-state index in [0.717, 1.165) is 17.5 Å². The molecule has 0 unspecified atom stereocenters. The second-order valence-corrected chi connectivity index (χ2v) is 6.18. The number of carbonyl (C=O) groups is 1. The normalized spacial score (nSPS) is 11.1. The summed E-state index contributed by atoms with van der Waals surface area (Å²) in [6, 6.07) is 3.57. The third-order valence-corrected chi connectivity index (χ3v) is 4.10. The first kappa shape index (κ1) is 17.6. The molecule has 142 valence electrons. The van der Waals surface area contributed by atoms with Gasteiger partial charge in [-0.15, -0.1) is 0 Å². The van der Waals surface area contributed by atoms with Gasteiger partial charge in [0.25, 0.3) is 0 Å². The molecule has 0 saturated carbocycles. The zero-order valence-electron chi connectivity index (χ0n) is 14.7. The SMILES string of the molecule is Cc1cn2c(-c3cnn(CC(=O)Nc4cccc(F)c4F)c3)cnc2c(N)n1. The van der Waals surface area contributed by atoms with Gasteiger partial charge in [0.2, 0.25) is 5.91 Å². The quantitative estimate of drug-likeness (QED) is 0.563. The number of hydrogen-bond donors (Lipinski definition) is 2. The number of anilines is 2. The van der Waals surface area contributed by atoms with Gasteiger partial charge in [0, 0.05) is 18.0 Å². The lowest BCUT2D eigenvalue weighted by Gasteiger charge is -2.06. The summed E-state index contributed by atoms with van der Waals surface area (Å²) in [5.74, 6) is -2.36. The van der Waals surface area contributed by atoms with Crippen molar-refractivity contribution in [1.29, 1.82) is 0 Å². The lowest BCUT2D eigenvalue weighted by Crippen LogP contribution is -2.19. The lowest BCUT2D eigenvalue weighted by molar-refractivity contribution is -0.116. The Kier molecular flexibility index (Phi) is 4.22.